The van der Waals surface area contributed by atoms with Crippen molar-refractivity contribution in [1.82, 2.24) is 0 Å². The molecule has 0 fully saturated rings. The van der Waals surface area contributed by atoms with E-state index >= 15 is 0 Å². The summed E-state index contributed by atoms with van der Waals surface area (Å²) in [5.41, 5.74) is 8.09. The van der Waals surface area contributed by atoms with Crippen LogP contribution in [-0.2, 0) is 38.7 Å². The van der Waals surface area contributed by atoms with Crippen LogP contribution >= 0.6 is 0 Å². The smallest absolute Gasteiger partial charge is 0.0279 e. The molecule has 0 N–H and O–H groups in total. The van der Waals surface area contributed by atoms with Crippen molar-refractivity contribution in [2.45, 2.75) is 58.8 Å². The predicted octanol–water partition coefficient (Wildman–Crippen LogP) is 6.73. The van der Waals surface area contributed by atoms with Gasteiger partial charge in [0.05, 0.1) is 0 Å². The molecule has 1 radical (unpaired) electrons. The summed E-state index contributed by atoms with van der Waals surface area (Å²) < 4.78 is 0. The minimum absolute atomic E-state index is 0. The van der Waals surface area contributed by atoms with Crippen LogP contribution in [0.2, 0.25) is 0 Å². The first-order valence-corrected chi connectivity index (χ1v) is 9.89. The van der Waals surface area contributed by atoms with E-state index in [2.05, 4.69) is 75.4 Å². The Morgan fingerprint density at radius 2 is 1.58 bits per heavy atom. The molecule has 1 heteroatoms. The van der Waals surface area contributed by atoms with Gasteiger partial charge in [-0.3, -0.25) is 0 Å². The maximum absolute atomic E-state index is 2.52. The van der Waals surface area contributed by atoms with E-state index in [1.54, 1.807) is 11.1 Å². The maximum atomic E-state index is 2.52. The van der Waals surface area contributed by atoms with Gasteiger partial charge in [-0.1, -0.05) is 75.4 Å². The van der Waals surface area contributed by atoms with E-state index < -0.39 is 0 Å². The Morgan fingerprint density at radius 3 is 2.23 bits per heavy atom. The molecular weight excluding hydrogens is 479 g/mol. The summed E-state index contributed by atoms with van der Waals surface area (Å²) in [5.74, 6) is 2.07. The summed E-state index contributed by atoms with van der Waals surface area (Å²) >= 11 is 0. The molecule has 0 saturated heterocycles. The van der Waals surface area contributed by atoms with Crippen molar-refractivity contribution in [2.24, 2.45) is 5.41 Å². The molecule has 0 nitrogen and oxygen atoms in total. The molecule has 0 heterocycles. The van der Waals surface area contributed by atoms with Crippen LogP contribution in [0.15, 0.2) is 48.5 Å². The Hall–Kier alpha value is -0.950. The van der Waals surface area contributed by atoms with Crippen LogP contribution in [-0.4, -0.2) is 0 Å². The molecule has 26 heavy (non-hydrogen) atoms. The maximum Gasteiger partial charge on any atom is 0.0279 e. The third-order valence-electron chi connectivity index (χ3n) is 6.71. The zero-order valence-corrected chi connectivity index (χ0v) is 19.9. The van der Waals surface area contributed by atoms with E-state index in [1.165, 1.54) is 48.3 Å². The van der Waals surface area contributed by atoms with Crippen LogP contribution in [0.25, 0.3) is 6.08 Å². The van der Waals surface area contributed by atoms with Crippen LogP contribution in [0, 0.1) is 11.3 Å². The largest absolute Gasteiger partial charge is 0.0721 e. The van der Waals surface area contributed by atoms with Crippen LogP contribution < -0.4 is 0 Å². The number of rotatable bonds is 5. The van der Waals surface area contributed by atoms with Gasteiger partial charge in [0.25, 0.3) is 0 Å². The van der Waals surface area contributed by atoms with Crippen LogP contribution in [0.3, 0.4) is 0 Å². The first-order chi connectivity index (χ1) is 12.1. The Labute approximate surface area is 177 Å². The van der Waals surface area contributed by atoms with E-state index in [-0.39, 0.29) is 25.8 Å². The van der Waals surface area contributed by atoms with Gasteiger partial charge >= 0.3 is 0 Å². The molecule has 1 atom stereocenters. The van der Waals surface area contributed by atoms with Crippen LogP contribution in [0.4, 0.5) is 0 Å². The molecular formula is C25H29Hf. The van der Waals surface area contributed by atoms with Gasteiger partial charge in [-0.2, -0.15) is 0 Å². The second kappa shape index (κ2) is 7.97. The molecule has 2 aliphatic carbocycles. The SMILES string of the molecule is CCC1(CC)Cc2cc3c(cc2C1)[C](CC(C)c1ccccc1)C=C3.[Hf]. The Morgan fingerprint density at radius 1 is 0.923 bits per heavy atom. The fourth-order valence-corrected chi connectivity index (χ4v) is 4.76. The molecule has 4 rings (SSSR count). The second-order valence-corrected chi connectivity index (χ2v) is 8.14. The summed E-state index contributed by atoms with van der Waals surface area (Å²) in [7, 11) is 0. The molecule has 0 aromatic heterocycles. The van der Waals surface area contributed by atoms with Gasteiger partial charge in [-0.15, -0.1) is 0 Å². The Kier molecular flexibility index (Phi) is 6.07. The van der Waals surface area contributed by atoms with Crippen molar-refractivity contribution in [3.8, 4) is 0 Å². The standard InChI is InChI=1S/C25H29.Hf/c1-4-25(5-2)16-22-14-21-12-11-20(24(21)15-23(22)17-25)13-18(3)19-9-7-6-8-10-19;/h6-12,14-15,18H,4-5,13,16-17H2,1-3H3;. The van der Waals surface area contributed by atoms with Crippen molar-refractivity contribution in [3.05, 3.63) is 82.3 Å². The van der Waals surface area contributed by atoms with Gasteiger partial charge in [-0.25, -0.2) is 0 Å². The topological polar surface area (TPSA) is 0 Å². The molecule has 0 saturated carbocycles. The minimum Gasteiger partial charge on any atom is -0.0721 e. The van der Waals surface area contributed by atoms with Gasteiger partial charge < -0.3 is 0 Å². The van der Waals surface area contributed by atoms with Crippen molar-refractivity contribution < 1.29 is 25.8 Å². The summed E-state index contributed by atoms with van der Waals surface area (Å²) in [5, 5.41) is 0. The Balaban J connectivity index is 0.00000196. The predicted molar refractivity (Wildman–Crippen MR) is 108 cm³/mol. The van der Waals surface area contributed by atoms with Crippen molar-refractivity contribution in [1.29, 1.82) is 0 Å². The van der Waals surface area contributed by atoms with E-state index in [0.29, 0.717) is 11.3 Å². The third-order valence-corrected chi connectivity index (χ3v) is 6.71. The number of hydrogen-bond donors (Lipinski definition) is 0. The van der Waals surface area contributed by atoms with E-state index in [0.717, 1.165) is 6.42 Å². The molecule has 133 valence electrons. The summed E-state index contributed by atoms with van der Waals surface area (Å²) in [6.45, 7) is 7.07. The van der Waals surface area contributed by atoms with Crippen LogP contribution in [0.1, 0.15) is 73.8 Å². The van der Waals surface area contributed by atoms with Gasteiger partial charge in [0, 0.05) is 31.8 Å². The monoisotopic (exact) mass is 509 g/mol. The molecule has 2 aromatic rings. The van der Waals surface area contributed by atoms with Gasteiger partial charge in [0.2, 0.25) is 0 Å². The molecule has 0 amide bonds. The van der Waals surface area contributed by atoms with Gasteiger partial charge in [0.15, 0.2) is 0 Å². The molecule has 2 aliphatic rings. The van der Waals surface area contributed by atoms with Crippen molar-refractivity contribution in [3.63, 3.8) is 0 Å². The fourth-order valence-electron chi connectivity index (χ4n) is 4.76. The molecule has 0 bridgehead atoms. The van der Waals surface area contributed by atoms with Crippen molar-refractivity contribution in [2.75, 3.05) is 0 Å². The average Bonchev–Trinajstić information content (AvgIpc) is 3.21. The second-order valence-electron chi connectivity index (χ2n) is 8.14. The van der Waals surface area contributed by atoms with Crippen molar-refractivity contribution >= 4 is 6.08 Å². The van der Waals surface area contributed by atoms with Crippen LogP contribution in [0.5, 0.6) is 0 Å². The zero-order chi connectivity index (χ0) is 17.4. The normalized spacial score (nSPS) is 18.3. The number of benzene rings is 2. The van der Waals surface area contributed by atoms with Gasteiger partial charge in [-0.05, 0) is 71.3 Å². The fraction of sp³-hybridized carbons (Fsp3) is 0.400. The molecule has 2 aromatic carbocycles. The van der Waals surface area contributed by atoms with Gasteiger partial charge in [0.1, 0.15) is 0 Å². The summed E-state index contributed by atoms with van der Waals surface area (Å²) in [6.07, 6.45) is 10.9. The first kappa shape index (κ1) is 19.8. The quantitative estimate of drug-likeness (QED) is 0.393. The summed E-state index contributed by atoms with van der Waals surface area (Å²) in [4.78, 5) is 0. The minimum atomic E-state index is 0. The van der Waals surface area contributed by atoms with E-state index in [4.69, 9.17) is 0 Å². The summed E-state index contributed by atoms with van der Waals surface area (Å²) in [6, 6.07) is 15.9. The third kappa shape index (κ3) is 3.57. The van der Waals surface area contributed by atoms with E-state index in [1.807, 2.05) is 0 Å². The van der Waals surface area contributed by atoms with E-state index in [9.17, 15) is 0 Å². The molecule has 1 unspecified atom stereocenters. The molecule has 0 aliphatic heterocycles. The average molecular weight is 508 g/mol. The zero-order valence-electron chi connectivity index (χ0n) is 16.3. The Bertz CT molecular complexity index is 783. The number of fused-ring (bicyclic) bond motifs is 2. The first-order valence-electron chi connectivity index (χ1n) is 9.89. The number of hydrogen-bond acceptors (Lipinski definition) is 0. The number of allylic oxidation sites excluding steroid dienone is 1. The molecule has 0 spiro atoms.